The van der Waals surface area contributed by atoms with E-state index in [1.165, 1.54) is 25.3 Å². The first kappa shape index (κ1) is 18.5. The van der Waals surface area contributed by atoms with Gasteiger partial charge in [-0.25, -0.2) is 9.50 Å². The molecular formula is C16H8ClF6N5. The highest BCUT2D eigenvalue weighted by Gasteiger charge is 2.40. The average molecular weight is 420 g/mol. The van der Waals surface area contributed by atoms with Gasteiger partial charge < -0.3 is 0 Å². The molecule has 0 amide bonds. The predicted molar refractivity (Wildman–Crippen MR) is 87.8 cm³/mol. The second-order valence-corrected chi connectivity index (χ2v) is 6.46. The number of H-pyrrole nitrogens is 1. The van der Waals surface area contributed by atoms with Crippen LogP contribution in [0.4, 0.5) is 26.3 Å². The van der Waals surface area contributed by atoms with Gasteiger partial charge in [0.2, 0.25) is 0 Å². The fourth-order valence-electron chi connectivity index (χ4n) is 2.95. The molecule has 0 aliphatic carbocycles. The maximum atomic E-state index is 13.7. The standard InChI is InChI=1S/C16H8ClF6N5/c1-6-2-9(15(18,19)20)12(28-13(6)25-14(27-28)16(21,22)23)7-3-8-5-24-26-11(8)10(17)4-7/h2-5H,1H3,(H,24,26). The SMILES string of the molecule is Cc1cc(C(F)(F)F)c(-c2cc(Cl)c3[nH]ncc3c2)n2nc(C(F)(F)F)nc12. The quantitative estimate of drug-likeness (QED) is 0.427. The largest absolute Gasteiger partial charge is 0.453 e. The molecule has 1 N–H and O–H groups in total. The number of aromatic amines is 1. The molecule has 1 aromatic carbocycles. The van der Waals surface area contributed by atoms with Gasteiger partial charge in [0, 0.05) is 10.9 Å². The lowest BCUT2D eigenvalue weighted by atomic mass is 10.0. The van der Waals surface area contributed by atoms with Gasteiger partial charge in [-0.1, -0.05) is 11.6 Å². The van der Waals surface area contributed by atoms with Crippen LogP contribution in [0.1, 0.15) is 17.0 Å². The van der Waals surface area contributed by atoms with Crippen LogP contribution in [-0.2, 0) is 12.4 Å². The Morgan fingerprint density at radius 1 is 1.04 bits per heavy atom. The highest BCUT2D eigenvalue weighted by Crippen LogP contribution is 2.40. The summed E-state index contributed by atoms with van der Waals surface area (Å²) in [6.45, 7) is 1.23. The van der Waals surface area contributed by atoms with E-state index in [0.717, 1.165) is 6.07 Å². The molecule has 0 aliphatic rings. The molecule has 3 heterocycles. The van der Waals surface area contributed by atoms with Crippen molar-refractivity contribution in [1.82, 2.24) is 24.8 Å². The van der Waals surface area contributed by atoms with Crippen LogP contribution in [-0.4, -0.2) is 24.8 Å². The molecule has 0 saturated carbocycles. The molecule has 3 aromatic heterocycles. The van der Waals surface area contributed by atoms with E-state index >= 15 is 0 Å². The van der Waals surface area contributed by atoms with Crippen molar-refractivity contribution in [2.24, 2.45) is 0 Å². The summed E-state index contributed by atoms with van der Waals surface area (Å²) in [5.41, 5.74) is -1.88. The van der Waals surface area contributed by atoms with Gasteiger partial charge in [-0.15, -0.1) is 5.10 Å². The van der Waals surface area contributed by atoms with Gasteiger partial charge in [-0.3, -0.25) is 5.10 Å². The minimum atomic E-state index is -4.92. The number of aryl methyl sites for hydroxylation is 1. The minimum absolute atomic E-state index is 0.0583. The maximum absolute atomic E-state index is 13.7. The second-order valence-electron chi connectivity index (χ2n) is 6.05. The van der Waals surface area contributed by atoms with Crippen LogP contribution in [0.3, 0.4) is 0 Å². The van der Waals surface area contributed by atoms with E-state index in [1.807, 2.05) is 0 Å². The van der Waals surface area contributed by atoms with Crippen molar-refractivity contribution in [2.45, 2.75) is 19.3 Å². The number of fused-ring (bicyclic) bond motifs is 2. The lowest BCUT2D eigenvalue weighted by Crippen LogP contribution is -2.12. The summed E-state index contributed by atoms with van der Waals surface area (Å²) >= 11 is 6.10. The summed E-state index contributed by atoms with van der Waals surface area (Å²) in [5, 5.41) is 10.1. The molecule has 5 nitrogen and oxygen atoms in total. The van der Waals surface area contributed by atoms with Crippen molar-refractivity contribution in [3.63, 3.8) is 0 Å². The Labute approximate surface area is 156 Å². The topological polar surface area (TPSA) is 58.9 Å². The first-order chi connectivity index (χ1) is 13.0. The van der Waals surface area contributed by atoms with Crippen molar-refractivity contribution in [3.8, 4) is 11.3 Å². The van der Waals surface area contributed by atoms with Crippen molar-refractivity contribution in [1.29, 1.82) is 0 Å². The number of hydrogen-bond acceptors (Lipinski definition) is 3. The summed E-state index contributed by atoms with van der Waals surface area (Å²) in [6, 6.07) is 3.28. The van der Waals surface area contributed by atoms with Gasteiger partial charge in [-0.05, 0) is 30.7 Å². The van der Waals surface area contributed by atoms with Crippen LogP contribution in [0.15, 0.2) is 24.4 Å². The highest BCUT2D eigenvalue weighted by molar-refractivity contribution is 6.35. The van der Waals surface area contributed by atoms with Crippen LogP contribution < -0.4 is 0 Å². The molecule has 0 radical (unpaired) electrons. The zero-order chi connectivity index (χ0) is 20.4. The zero-order valence-electron chi connectivity index (χ0n) is 13.7. The van der Waals surface area contributed by atoms with Gasteiger partial charge in [-0.2, -0.15) is 31.4 Å². The van der Waals surface area contributed by atoms with Gasteiger partial charge in [0.1, 0.15) is 0 Å². The number of rotatable bonds is 1. The summed E-state index contributed by atoms with van der Waals surface area (Å²) in [4.78, 5) is 3.38. The molecule has 28 heavy (non-hydrogen) atoms. The molecule has 0 saturated heterocycles. The Kier molecular flexibility index (Phi) is 3.86. The van der Waals surface area contributed by atoms with Crippen LogP contribution in [0.25, 0.3) is 27.8 Å². The maximum Gasteiger partial charge on any atom is 0.453 e. The number of aromatic nitrogens is 5. The monoisotopic (exact) mass is 419 g/mol. The van der Waals surface area contributed by atoms with E-state index in [-0.39, 0.29) is 21.8 Å². The molecular weight excluding hydrogens is 412 g/mol. The van der Waals surface area contributed by atoms with Gasteiger partial charge in [0.15, 0.2) is 5.65 Å². The Hall–Kier alpha value is -2.82. The summed E-state index contributed by atoms with van der Waals surface area (Å²) < 4.78 is 80.8. The predicted octanol–water partition coefficient (Wildman–Crippen LogP) is 5.27. The third-order valence-corrected chi connectivity index (χ3v) is 4.42. The number of halogens is 7. The third kappa shape index (κ3) is 2.86. The van der Waals surface area contributed by atoms with Crippen molar-refractivity contribution < 1.29 is 26.3 Å². The Bertz CT molecular complexity index is 1220. The Morgan fingerprint density at radius 3 is 2.39 bits per heavy atom. The number of alkyl halides is 6. The van der Waals surface area contributed by atoms with Crippen molar-refractivity contribution >= 4 is 28.2 Å². The molecule has 4 rings (SSSR count). The van der Waals surface area contributed by atoms with Crippen molar-refractivity contribution in [2.75, 3.05) is 0 Å². The molecule has 0 aliphatic heterocycles. The second kappa shape index (κ2) is 5.84. The zero-order valence-corrected chi connectivity index (χ0v) is 14.5. The van der Waals surface area contributed by atoms with Gasteiger partial charge >= 0.3 is 12.4 Å². The van der Waals surface area contributed by atoms with E-state index in [1.54, 1.807) is 0 Å². The number of nitrogens with zero attached hydrogens (tertiary/aromatic N) is 4. The van der Waals surface area contributed by atoms with Crippen LogP contribution in [0.5, 0.6) is 0 Å². The molecule has 0 atom stereocenters. The molecule has 12 heteroatoms. The van der Waals surface area contributed by atoms with Gasteiger partial charge in [0.25, 0.3) is 5.82 Å². The molecule has 0 spiro atoms. The lowest BCUT2D eigenvalue weighted by molar-refractivity contribution is -0.144. The van der Waals surface area contributed by atoms with Crippen LogP contribution >= 0.6 is 11.6 Å². The van der Waals surface area contributed by atoms with Crippen LogP contribution in [0.2, 0.25) is 5.02 Å². The van der Waals surface area contributed by atoms with E-state index in [2.05, 4.69) is 20.3 Å². The van der Waals surface area contributed by atoms with E-state index < -0.39 is 29.4 Å². The first-order valence-electron chi connectivity index (χ1n) is 7.64. The van der Waals surface area contributed by atoms with E-state index in [0.29, 0.717) is 15.4 Å². The number of nitrogens with one attached hydrogen (secondary N) is 1. The number of hydrogen-bond donors (Lipinski definition) is 1. The van der Waals surface area contributed by atoms with E-state index in [4.69, 9.17) is 11.6 Å². The average Bonchev–Trinajstić information content (AvgIpc) is 3.20. The Morgan fingerprint density at radius 2 is 1.75 bits per heavy atom. The number of pyridine rings is 1. The summed E-state index contributed by atoms with van der Waals surface area (Å²) in [7, 11) is 0. The normalized spacial score (nSPS) is 13.0. The molecule has 0 bridgehead atoms. The lowest BCUT2D eigenvalue weighted by Gasteiger charge is -2.16. The van der Waals surface area contributed by atoms with Crippen molar-refractivity contribution in [3.05, 3.63) is 46.4 Å². The molecule has 146 valence electrons. The summed E-state index contributed by atoms with van der Waals surface area (Å²) in [6.07, 6.45) is -8.43. The molecule has 0 fully saturated rings. The van der Waals surface area contributed by atoms with Crippen LogP contribution in [0, 0.1) is 6.92 Å². The minimum Gasteiger partial charge on any atom is -0.276 e. The fourth-order valence-corrected chi connectivity index (χ4v) is 3.22. The highest BCUT2D eigenvalue weighted by atomic mass is 35.5. The smallest absolute Gasteiger partial charge is 0.276 e. The fraction of sp³-hybridized carbons (Fsp3) is 0.188. The van der Waals surface area contributed by atoms with E-state index in [9.17, 15) is 26.3 Å². The number of benzene rings is 1. The first-order valence-corrected chi connectivity index (χ1v) is 8.02. The summed E-state index contributed by atoms with van der Waals surface area (Å²) in [5.74, 6) is -1.54. The Balaban J connectivity index is 2.14. The molecule has 4 aromatic rings. The van der Waals surface area contributed by atoms with Gasteiger partial charge in [0.05, 0.1) is 28.0 Å². The molecule has 0 unspecified atom stereocenters. The third-order valence-electron chi connectivity index (χ3n) is 4.12.